The fourth-order valence-corrected chi connectivity index (χ4v) is 3.13. The first kappa shape index (κ1) is 18.7. The van der Waals surface area contributed by atoms with Gasteiger partial charge in [-0.25, -0.2) is 0 Å². The van der Waals surface area contributed by atoms with Crippen LogP contribution in [0.5, 0.6) is 0 Å². The van der Waals surface area contributed by atoms with Gasteiger partial charge in [-0.05, 0) is 36.9 Å². The van der Waals surface area contributed by atoms with Crippen LogP contribution in [0.3, 0.4) is 0 Å². The molecule has 1 fully saturated rings. The molecule has 2 nitrogen and oxygen atoms in total. The van der Waals surface area contributed by atoms with Gasteiger partial charge >= 0.3 is 0 Å². The van der Waals surface area contributed by atoms with E-state index in [-0.39, 0.29) is 5.54 Å². The maximum atomic E-state index is 6.30. The van der Waals surface area contributed by atoms with Gasteiger partial charge in [-0.1, -0.05) is 81.4 Å². The lowest BCUT2D eigenvalue weighted by Crippen LogP contribution is -2.35. The highest BCUT2D eigenvalue weighted by molar-refractivity contribution is 5.31. The van der Waals surface area contributed by atoms with Crippen LogP contribution in [-0.2, 0) is 0 Å². The molecule has 2 aromatic carbocycles. The minimum absolute atomic E-state index is 0.116. The summed E-state index contributed by atoms with van der Waals surface area (Å²) < 4.78 is 0. The zero-order valence-electron chi connectivity index (χ0n) is 15.4. The number of hydrogen-bond donors (Lipinski definition) is 1. The first-order valence-corrected chi connectivity index (χ1v) is 9.35. The van der Waals surface area contributed by atoms with Crippen molar-refractivity contribution in [1.82, 2.24) is 4.90 Å². The molecule has 0 atom stereocenters. The van der Waals surface area contributed by atoms with Crippen LogP contribution in [0.15, 0.2) is 60.7 Å². The van der Waals surface area contributed by atoms with Gasteiger partial charge in [0.05, 0.1) is 6.04 Å². The molecule has 0 unspecified atom stereocenters. The van der Waals surface area contributed by atoms with Crippen molar-refractivity contribution in [3.05, 3.63) is 71.8 Å². The standard InChI is InChI=1S/C20H26N2.C2H6/c1-2-22(16-15-20(21)13-14-20)19(17-9-5-3-6-10-17)18-11-7-4-8-12-18;1-2/h3-12,19H,2,13-16,21H2,1H3;1-2H3. The Morgan fingerprint density at radius 3 is 1.75 bits per heavy atom. The van der Waals surface area contributed by atoms with Gasteiger partial charge < -0.3 is 5.73 Å². The molecule has 2 N–H and O–H groups in total. The van der Waals surface area contributed by atoms with Crippen molar-refractivity contribution < 1.29 is 0 Å². The maximum Gasteiger partial charge on any atom is 0.0601 e. The minimum atomic E-state index is 0.116. The van der Waals surface area contributed by atoms with E-state index in [0.29, 0.717) is 6.04 Å². The van der Waals surface area contributed by atoms with Gasteiger partial charge in [0.15, 0.2) is 0 Å². The number of hydrogen-bond acceptors (Lipinski definition) is 2. The van der Waals surface area contributed by atoms with E-state index in [1.807, 2.05) is 13.8 Å². The van der Waals surface area contributed by atoms with Crippen molar-refractivity contribution in [3.63, 3.8) is 0 Å². The summed E-state index contributed by atoms with van der Waals surface area (Å²) in [5.41, 5.74) is 9.13. The Hall–Kier alpha value is -1.64. The summed E-state index contributed by atoms with van der Waals surface area (Å²) in [6.07, 6.45) is 3.47. The smallest absolute Gasteiger partial charge is 0.0601 e. The van der Waals surface area contributed by atoms with E-state index in [0.717, 1.165) is 19.5 Å². The summed E-state index contributed by atoms with van der Waals surface area (Å²) in [5, 5.41) is 0. The lowest BCUT2D eigenvalue weighted by molar-refractivity contribution is 0.226. The number of benzene rings is 2. The zero-order valence-corrected chi connectivity index (χ0v) is 15.4. The van der Waals surface area contributed by atoms with Crippen LogP contribution in [0.4, 0.5) is 0 Å². The van der Waals surface area contributed by atoms with Crippen LogP contribution in [0, 0.1) is 0 Å². The molecule has 2 heteroatoms. The quantitative estimate of drug-likeness (QED) is 0.776. The summed E-state index contributed by atoms with van der Waals surface area (Å²) in [4.78, 5) is 2.55. The molecule has 0 bridgehead atoms. The molecule has 0 radical (unpaired) electrons. The highest BCUT2D eigenvalue weighted by atomic mass is 15.2. The van der Waals surface area contributed by atoms with Crippen LogP contribution < -0.4 is 5.73 Å². The SMILES string of the molecule is CC.CCN(CCC1(N)CC1)C(c1ccccc1)c1ccccc1. The van der Waals surface area contributed by atoms with Crippen LogP contribution in [0.1, 0.15) is 57.2 Å². The van der Waals surface area contributed by atoms with Crippen LogP contribution in [0.2, 0.25) is 0 Å². The summed E-state index contributed by atoms with van der Waals surface area (Å²) in [6, 6.07) is 21.9. The zero-order chi connectivity index (χ0) is 17.4. The van der Waals surface area contributed by atoms with E-state index in [1.54, 1.807) is 0 Å². The third-order valence-electron chi connectivity index (χ3n) is 4.79. The molecular weight excluding hydrogens is 292 g/mol. The second-order valence-corrected chi connectivity index (χ2v) is 6.46. The molecule has 130 valence electrons. The van der Waals surface area contributed by atoms with Gasteiger partial charge in [0.25, 0.3) is 0 Å². The average molecular weight is 325 g/mol. The van der Waals surface area contributed by atoms with E-state index < -0.39 is 0 Å². The highest BCUT2D eigenvalue weighted by Crippen LogP contribution is 2.37. The van der Waals surface area contributed by atoms with Gasteiger partial charge in [0.1, 0.15) is 0 Å². The molecule has 0 aliphatic heterocycles. The summed E-state index contributed by atoms with van der Waals surface area (Å²) in [5.74, 6) is 0. The molecule has 0 spiro atoms. The Labute approximate surface area is 147 Å². The number of rotatable bonds is 7. The summed E-state index contributed by atoms with van der Waals surface area (Å²) >= 11 is 0. The average Bonchev–Trinajstić information content (AvgIpc) is 3.39. The molecule has 2 aromatic rings. The third kappa shape index (κ3) is 4.93. The summed E-state index contributed by atoms with van der Waals surface area (Å²) in [7, 11) is 0. The first-order valence-electron chi connectivity index (χ1n) is 9.35. The lowest BCUT2D eigenvalue weighted by Gasteiger charge is -2.32. The van der Waals surface area contributed by atoms with Gasteiger partial charge in [-0.3, -0.25) is 4.90 Å². The second-order valence-electron chi connectivity index (χ2n) is 6.46. The topological polar surface area (TPSA) is 29.3 Å². The summed E-state index contributed by atoms with van der Waals surface area (Å²) in [6.45, 7) is 8.33. The van der Waals surface area contributed by atoms with Gasteiger partial charge in [-0.2, -0.15) is 0 Å². The van der Waals surface area contributed by atoms with Crippen molar-refractivity contribution in [2.75, 3.05) is 13.1 Å². The second kappa shape index (κ2) is 9.00. The Morgan fingerprint density at radius 1 is 0.917 bits per heavy atom. The van der Waals surface area contributed by atoms with E-state index in [4.69, 9.17) is 5.73 Å². The van der Waals surface area contributed by atoms with Crippen LogP contribution >= 0.6 is 0 Å². The Balaban J connectivity index is 0.00000100. The largest absolute Gasteiger partial charge is 0.325 e. The fourth-order valence-electron chi connectivity index (χ4n) is 3.13. The van der Waals surface area contributed by atoms with E-state index in [1.165, 1.54) is 24.0 Å². The molecule has 1 aliphatic carbocycles. The molecule has 0 heterocycles. The molecule has 1 saturated carbocycles. The Morgan fingerprint density at radius 2 is 1.38 bits per heavy atom. The van der Waals surface area contributed by atoms with Crippen molar-refractivity contribution in [2.24, 2.45) is 5.73 Å². The molecule has 0 amide bonds. The van der Waals surface area contributed by atoms with Crippen molar-refractivity contribution in [2.45, 2.75) is 51.6 Å². The van der Waals surface area contributed by atoms with Gasteiger partial charge in [0.2, 0.25) is 0 Å². The van der Waals surface area contributed by atoms with Crippen molar-refractivity contribution >= 4 is 0 Å². The van der Waals surface area contributed by atoms with Crippen molar-refractivity contribution in [1.29, 1.82) is 0 Å². The van der Waals surface area contributed by atoms with Crippen LogP contribution in [0.25, 0.3) is 0 Å². The third-order valence-corrected chi connectivity index (χ3v) is 4.79. The van der Waals surface area contributed by atoms with Gasteiger partial charge in [-0.15, -0.1) is 0 Å². The predicted octanol–water partition coefficient (Wildman–Crippen LogP) is 5.01. The lowest BCUT2D eigenvalue weighted by atomic mass is 9.96. The molecule has 0 aromatic heterocycles. The molecule has 24 heavy (non-hydrogen) atoms. The minimum Gasteiger partial charge on any atom is -0.325 e. The molecular formula is C22H32N2. The van der Waals surface area contributed by atoms with Gasteiger partial charge in [0, 0.05) is 12.1 Å². The normalized spacial score (nSPS) is 15.1. The maximum absolute atomic E-state index is 6.30. The van der Waals surface area contributed by atoms with E-state index in [2.05, 4.69) is 72.5 Å². The predicted molar refractivity (Wildman–Crippen MR) is 104 cm³/mol. The molecule has 1 aliphatic rings. The van der Waals surface area contributed by atoms with Crippen LogP contribution in [-0.4, -0.2) is 23.5 Å². The first-order chi connectivity index (χ1) is 11.7. The van der Waals surface area contributed by atoms with E-state index >= 15 is 0 Å². The Kier molecular flexibility index (Phi) is 7.01. The fraction of sp³-hybridized carbons (Fsp3) is 0.455. The monoisotopic (exact) mass is 324 g/mol. The number of nitrogens with two attached hydrogens (primary N) is 1. The highest BCUT2D eigenvalue weighted by Gasteiger charge is 2.38. The molecule has 0 saturated heterocycles. The molecule has 3 rings (SSSR count). The van der Waals surface area contributed by atoms with Crippen molar-refractivity contribution in [3.8, 4) is 0 Å². The Bertz CT molecular complexity index is 536. The number of nitrogens with zero attached hydrogens (tertiary/aromatic N) is 1. The van der Waals surface area contributed by atoms with E-state index in [9.17, 15) is 0 Å².